The van der Waals surface area contributed by atoms with Crippen LogP contribution < -0.4 is 10.2 Å². The minimum absolute atomic E-state index is 0.000560. The highest BCUT2D eigenvalue weighted by molar-refractivity contribution is 8.00. The number of benzene rings is 1. The number of hydrogen-bond donors (Lipinski definition) is 1. The number of fused-ring (bicyclic) bond motifs is 1. The van der Waals surface area contributed by atoms with Crippen LogP contribution in [0.3, 0.4) is 0 Å². The molecule has 184 valence electrons. The molecule has 1 unspecified atom stereocenters. The van der Waals surface area contributed by atoms with E-state index in [0.29, 0.717) is 5.75 Å². The van der Waals surface area contributed by atoms with Crippen LogP contribution in [0.2, 0.25) is 0 Å². The zero-order valence-corrected chi connectivity index (χ0v) is 22.6. The number of aromatic nitrogens is 2. The van der Waals surface area contributed by atoms with Crippen molar-refractivity contribution < 1.29 is 9.59 Å². The van der Waals surface area contributed by atoms with Crippen molar-refractivity contribution in [3.63, 3.8) is 0 Å². The van der Waals surface area contributed by atoms with E-state index in [-0.39, 0.29) is 35.1 Å². The van der Waals surface area contributed by atoms with Gasteiger partial charge in [0, 0.05) is 17.0 Å². The number of amides is 2. The fourth-order valence-corrected chi connectivity index (χ4v) is 6.58. The molecule has 2 aromatic heterocycles. The van der Waals surface area contributed by atoms with E-state index in [1.165, 1.54) is 11.1 Å². The van der Waals surface area contributed by atoms with Crippen LogP contribution in [0.1, 0.15) is 66.8 Å². The molecule has 0 saturated heterocycles. The summed E-state index contributed by atoms with van der Waals surface area (Å²) in [5, 5.41) is 12.4. The van der Waals surface area contributed by atoms with E-state index in [9.17, 15) is 9.59 Å². The Morgan fingerprint density at radius 1 is 1.20 bits per heavy atom. The number of aryl methyl sites for hydroxylation is 2. The quantitative estimate of drug-likeness (QED) is 0.508. The first-order chi connectivity index (χ1) is 16.6. The number of hydrogen-bond acceptors (Lipinski definition) is 5. The molecule has 8 heteroatoms. The SMILES string of the molecule is Cc1ccc(-n2nc(C(C)(C)C)c3c2N(CC(=O)NC2CC2)C(=O)CSC3c2ccsc2)c(C)c1. The molecule has 1 atom stereocenters. The second-order valence-electron chi connectivity index (χ2n) is 10.6. The van der Waals surface area contributed by atoms with Crippen molar-refractivity contribution in [3.05, 3.63) is 63.0 Å². The Balaban J connectivity index is 1.75. The van der Waals surface area contributed by atoms with Crippen molar-refractivity contribution >= 4 is 40.7 Å². The largest absolute Gasteiger partial charge is 0.352 e. The van der Waals surface area contributed by atoms with Gasteiger partial charge in [-0.3, -0.25) is 14.5 Å². The molecule has 6 nitrogen and oxygen atoms in total. The van der Waals surface area contributed by atoms with Crippen LogP contribution in [-0.2, 0) is 15.0 Å². The highest BCUT2D eigenvalue weighted by Crippen LogP contribution is 2.49. The van der Waals surface area contributed by atoms with E-state index < -0.39 is 0 Å². The smallest absolute Gasteiger partial charge is 0.240 e. The number of anilines is 1. The van der Waals surface area contributed by atoms with Gasteiger partial charge in [-0.05, 0) is 60.7 Å². The molecule has 0 radical (unpaired) electrons. The molecule has 0 spiro atoms. The van der Waals surface area contributed by atoms with E-state index in [1.807, 2.05) is 4.68 Å². The summed E-state index contributed by atoms with van der Waals surface area (Å²) in [7, 11) is 0. The Hall–Kier alpha value is -2.58. The molecule has 5 rings (SSSR count). The standard InChI is InChI=1S/C27H32N4O2S2/c1-16-6-9-20(17(2)12-16)31-26-23(25(29-31)27(3,4)5)24(18-10-11-34-14-18)35-15-22(33)30(26)13-21(32)28-19-7-8-19/h6,9-12,14,19,24H,7-8,13,15H2,1-5H3,(H,28,32). The lowest BCUT2D eigenvalue weighted by atomic mass is 9.87. The molecule has 2 aliphatic rings. The molecule has 2 amide bonds. The lowest BCUT2D eigenvalue weighted by Gasteiger charge is -2.24. The first-order valence-corrected chi connectivity index (χ1v) is 14.1. The van der Waals surface area contributed by atoms with Gasteiger partial charge in [0.2, 0.25) is 11.8 Å². The Kier molecular flexibility index (Phi) is 6.30. The van der Waals surface area contributed by atoms with Crippen LogP contribution >= 0.6 is 23.1 Å². The Morgan fingerprint density at radius 2 is 1.97 bits per heavy atom. The number of thiophene rings is 1. The van der Waals surface area contributed by atoms with Gasteiger partial charge in [-0.2, -0.15) is 16.4 Å². The summed E-state index contributed by atoms with van der Waals surface area (Å²) >= 11 is 3.28. The van der Waals surface area contributed by atoms with Crippen molar-refractivity contribution in [2.75, 3.05) is 17.2 Å². The Labute approximate surface area is 215 Å². The molecule has 1 fully saturated rings. The molecule has 3 aromatic rings. The van der Waals surface area contributed by atoms with Crippen molar-refractivity contribution in [1.29, 1.82) is 0 Å². The monoisotopic (exact) mass is 508 g/mol. The number of rotatable bonds is 5. The third-order valence-electron chi connectivity index (χ3n) is 6.47. The van der Waals surface area contributed by atoms with Crippen LogP contribution in [0.4, 0.5) is 5.82 Å². The summed E-state index contributed by atoms with van der Waals surface area (Å²) in [6, 6.07) is 8.64. The zero-order valence-electron chi connectivity index (χ0n) is 20.9. The second-order valence-corrected chi connectivity index (χ2v) is 12.5. The van der Waals surface area contributed by atoms with Crippen LogP contribution in [0.25, 0.3) is 5.69 Å². The Bertz CT molecular complexity index is 1270. The molecule has 0 bridgehead atoms. The highest BCUT2D eigenvalue weighted by Gasteiger charge is 2.40. The summed E-state index contributed by atoms with van der Waals surface area (Å²) in [5.74, 6) is 0.851. The van der Waals surface area contributed by atoms with Gasteiger partial charge in [0.1, 0.15) is 12.4 Å². The number of thioether (sulfide) groups is 1. The van der Waals surface area contributed by atoms with E-state index in [4.69, 9.17) is 5.10 Å². The van der Waals surface area contributed by atoms with Gasteiger partial charge >= 0.3 is 0 Å². The van der Waals surface area contributed by atoms with Crippen LogP contribution in [0.5, 0.6) is 0 Å². The topological polar surface area (TPSA) is 67.2 Å². The van der Waals surface area contributed by atoms with E-state index in [1.54, 1.807) is 28.0 Å². The van der Waals surface area contributed by atoms with Crippen LogP contribution in [0.15, 0.2) is 35.0 Å². The molecule has 35 heavy (non-hydrogen) atoms. The highest BCUT2D eigenvalue weighted by atomic mass is 32.2. The lowest BCUT2D eigenvalue weighted by molar-refractivity contribution is -0.123. The van der Waals surface area contributed by atoms with Gasteiger partial charge in [-0.15, -0.1) is 11.8 Å². The minimum Gasteiger partial charge on any atom is -0.352 e. The van der Waals surface area contributed by atoms with Crippen molar-refractivity contribution in [3.8, 4) is 5.69 Å². The van der Waals surface area contributed by atoms with Crippen LogP contribution in [0, 0.1) is 13.8 Å². The molecular formula is C27H32N4O2S2. The molecular weight excluding hydrogens is 476 g/mol. The van der Waals surface area contributed by atoms with E-state index in [0.717, 1.165) is 41.2 Å². The first-order valence-electron chi connectivity index (χ1n) is 12.1. The van der Waals surface area contributed by atoms with Crippen molar-refractivity contribution in [1.82, 2.24) is 15.1 Å². The predicted octanol–water partition coefficient (Wildman–Crippen LogP) is 5.30. The fourth-order valence-electron chi connectivity index (χ4n) is 4.62. The Morgan fingerprint density at radius 3 is 2.60 bits per heavy atom. The molecule has 3 heterocycles. The lowest BCUT2D eigenvalue weighted by Crippen LogP contribution is -2.43. The molecule has 1 aromatic carbocycles. The number of carbonyl (C=O) groups is 2. The summed E-state index contributed by atoms with van der Waals surface area (Å²) in [6.45, 7) is 10.6. The molecule has 1 aliphatic carbocycles. The predicted molar refractivity (Wildman–Crippen MR) is 144 cm³/mol. The van der Waals surface area contributed by atoms with Gasteiger partial charge in [-0.25, -0.2) is 4.68 Å². The maximum atomic E-state index is 13.6. The number of nitrogens with one attached hydrogen (secondary N) is 1. The maximum Gasteiger partial charge on any atom is 0.240 e. The van der Waals surface area contributed by atoms with Gasteiger partial charge in [0.15, 0.2) is 0 Å². The summed E-state index contributed by atoms with van der Waals surface area (Å²) in [4.78, 5) is 28.2. The average molecular weight is 509 g/mol. The van der Waals surface area contributed by atoms with Crippen molar-refractivity contribution in [2.24, 2.45) is 0 Å². The van der Waals surface area contributed by atoms with Crippen molar-refractivity contribution in [2.45, 2.75) is 64.2 Å². The van der Waals surface area contributed by atoms with Gasteiger partial charge in [-0.1, -0.05) is 38.5 Å². The molecule has 1 saturated carbocycles. The third-order valence-corrected chi connectivity index (χ3v) is 8.43. The van der Waals surface area contributed by atoms with Crippen LogP contribution in [-0.4, -0.2) is 39.9 Å². The zero-order chi connectivity index (χ0) is 24.9. The summed E-state index contributed by atoms with van der Waals surface area (Å²) < 4.78 is 1.91. The maximum absolute atomic E-state index is 13.6. The minimum atomic E-state index is -0.252. The van der Waals surface area contributed by atoms with Gasteiger partial charge in [0.05, 0.1) is 22.4 Å². The number of carbonyl (C=O) groups excluding carboxylic acids is 2. The van der Waals surface area contributed by atoms with Gasteiger partial charge in [0.25, 0.3) is 0 Å². The average Bonchev–Trinajstić information content (AvgIpc) is 3.30. The summed E-state index contributed by atoms with van der Waals surface area (Å²) in [6.07, 6.45) is 2.02. The normalized spacial score (nSPS) is 18.4. The van der Waals surface area contributed by atoms with E-state index >= 15 is 0 Å². The van der Waals surface area contributed by atoms with Gasteiger partial charge < -0.3 is 5.32 Å². The fraction of sp³-hybridized carbons (Fsp3) is 0.444. The first kappa shape index (κ1) is 24.1. The number of nitrogens with zero attached hydrogens (tertiary/aromatic N) is 3. The van der Waals surface area contributed by atoms with E-state index in [2.05, 4.69) is 75.0 Å². The summed E-state index contributed by atoms with van der Waals surface area (Å²) in [5.41, 5.74) is 6.09. The third kappa shape index (κ3) is 4.78. The molecule has 1 N–H and O–H groups in total. The molecule has 1 aliphatic heterocycles. The second kappa shape index (κ2) is 9.13.